The summed E-state index contributed by atoms with van der Waals surface area (Å²) in [4.78, 5) is 33.0. The second-order valence-corrected chi connectivity index (χ2v) is 3.84. The Labute approximate surface area is 115 Å². The first-order chi connectivity index (χ1) is 9.43. The number of amides is 1. The van der Waals surface area contributed by atoms with Gasteiger partial charge in [-0.05, 0) is 19.9 Å². The monoisotopic (exact) mass is 278 g/mol. The van der Waals surface area contributed by atoms with Crippen LogP contribution in [0.5, 0.6) is 0 Å². The van der Waals surface area contributed by atoms with Gasteiger partial charge in [0.15, 0.2) is 0 Å². The maximum absolute atomic E-state index is 11.8. The van der Waals surface area contributed by atoms with Gasteiger partial charge in [-0.2, -0.15) is 0 Å². The Morgan fingerprint density at radius 3 is 2.75 bits per heavy atom. The number of rotatable bonds is 5. The molecule has 0 unspecified atom stereocenters. The molecule has 1 aromatic carbocycles. The maximum Gasteiger partial charge on any atom is 0.332 e. The van der Waals surface area contributed by atoms with Crippen molar-refractivity contribution < 1.29 is 19.2 Å². The fraction of sp³-hybridized carbons (Fsp3) is 0.231. The molecule has 0 heterocycles. The van der Waals surface area contributed by atoms with Gasteiger partial charge in [0.05, 0.1) is 11.5 Å². The highest BCUT2D eigenvalue weighted by Gasteiger charge is 2.11. The lowest BCUT2D eigenvalue weighted by Crippen LogP contribution is -2.22. The summed E-state index contributed by atoms with van der Waals surface area (Å²) >= 11 is 0. The van der Waals surface area contributed by atoms with E-state index in [4.69, 9.17) is 4.74 Å². The number of nitrogens with one attached hydrogen (secondary N) is 1. The van der Waals surface area contributed by atoms with Gasteiger partial charge in [0.1, 0.15) is 0 Å². The first-order valence-corrected chi connectivity index (χ1v) is 5.85. The largest absolute Gasteiger partial charge is 0.463 e. The van der Waals surface area contributed by atoms with Gasteiger partial charge in [-0.3, -0.25) is 14.9 Å². The number of benzene rings is 1. The fourth-order valence-corrected chi connectivity index (χ4v) is 1.41. The van der Waals surface area contributed by atoms with E-state index in [0.29, 0.717) is 5.70 Å². The number of hydrogen-bond acceptors (Lipinski definition) is 5. The SMILES string of the molecule is CCOC(=O)/C=C(\C)NC(=O)c1cccc([N+](=O)[O-])c1. The van der Waals surface area contributed by atoms with E-state index in [9.17, 15) is 19.7 Å². The Kier molecular flexibility index (Phi) is 5.40. The number of carbonyl (C=O) groups excluding carboxylic acids is 2. The average molecular weight is 278 g/mol. The van der Waals surface area contributed by atoms with E-state index >= 15 is 0 Å². The summed E-state index contributed by atoms with van der Waals surface area (Å²) in [5, 5.41) is 13.1. The molecule has 0 radical (unpaired) electrons. The molecule has 0 aliphatic rings. The van der Waals surface area contributed by atoms with Crippen LogP contribution in [0, 0.1) is 10.1 Å². The van der Waals surface area contributed by atoms with Crippen LogP contribution >= 0.6 is 0 Å². The molecule has 1 rings (SSSR count). The lowest BCUT2D eigenvalue weighted by molar-refractivity contribution is -0.384. The van der Waals surface area contributed by atoms with Crippen LogP contribution in [0.4, 0.5) is 5.69 Å². The smallest absolute Gasteiger partial charge is 0.332 e. The van der Waals surface area contributed by atoms with Crippen LogP contribution in [-0.4, -0.2) is 23.4 Å². The summed E-state index contributed by atoms with van der Waals surface area (Å²) in [7, 11) is 0. The lowest BCUT2D eigenvalue weighted by Gasteiger charge is -2.05. The van der Waals surface area contributed by atoms with Crippen molar-refractivity contribution in [3.63, 3.8) is 0 Å². The van der Waals surface area contributed by atoms with Crippen molar-refractivity contribution in [2.45, 2.75) is 13.8 Å². The zero-order chi connectivity index (χ0) is 15.1. The quantitative estimate of drug-likeness (QED) is 0.383. The molecule has 7 heteroatoms. The molecule has 1 amide bonds. The molecule has 0 saturated carbocycles. The van der Waals surface area contributed by atoms with Crippen molar-refractivity contribution in [2.75, 3.05) is 6.61 Å². The molecule has 1 aromatic rings. The fourth-order valence-electron chi connectivity index (χ4n) is 1.41. The predicted octanol–water partition coefficient (Wildman–Crippen LogP) is 1.79. The van der Waals surface area contributed by atoms with Crippen molar-refractivity contribution in [3.05, 3.63) is 51.7 Å². The van der Waals surface area contributed by atoms with Gasteiger partial charge >= 0.3 is 5.97 Å². The average Bonchev–Trinajstić information content (AvgIpc) is 2.38. The molecule has 0 aliphatic carbocycles. The third-order valence-corrected chi connectivity index (χ3v) is 2.25. The zero-order valence-electron chi connectivity index (χ0n) is 11.1. The molecular weight excluding hydrogens is 264 g/mol. The highest BCUT2D eigenvalue weighted by atomic mass is 16.6. The maximum atomic E-state index is 11.8. The van der Waals surface area contributed by atoms with Crippen LogP contribution < -0.4 is 5.32 Å². The van der Waals surface area contributed by atoms with E-state index in [1.165, 1.54) is 25.1 Å². The van der Waals surface area contributed by atoms with Gasteiger partial charge in [0, 0.05) is 29.5 Å². The van der Waals surface area contributed by atoms with Crippen LogP contribution in [0.2, 0.25) is 0 Å². The van der Waals surface area contributed by atoms with E-state index in [1.54, 1.807) is 6.92 Å². The molecule has 106 valence electrons. The van der Waals surface area contributed by atoms with E-state index in [0.717, 1.165) is 12.1 Å². The van der Waals surface area contributed by atoms with E-state index in [-0.39, 0.29) is 17.9 Å². The molecule has 7 nitrogen and oxygen atoms in total. The number of non-ortho nitro benzene ring substituents is 1. The number of nitro benzene ring substituents is 1. The lowest BCUT2D eigenvalue weighted by atomic mass is 10.2. The molecule has 0 atom stereocenters. The summed E-state index contributed by atoms with van der Waals surface area (Å²) in [6.45, 7) is 3.43. The summed E-state index contributed by atoms with van der Waals surface area (Å²) in [6.07, 6.45) is 1.14. The van der Waals surface area contributed by atoms with E-state index < -0.39 is 16.8 Å². The second kappa shape index (κ2) is 7.03. The topological polar surface area (TPSA) is 98.5 Å². The van der Waals surface area contributed by atoms with E-state index in [1.807, 2.05) is 0 Å². The second-order valence-electron chi connectivity index (χ2n) is 3.84. The highest BCUT2D eigenvalue weighted by molar-refractivity contribution is 5.96. The van der Waals surface area contributed by atoms with Crippen LogP contribution in [0.1, 0.15) is 24.2 Å². The highest BCUT2D eigenvalue weighted by Crippen LogP contribution is 2.13. The number of ether oxygens (including phenoxy) is 1. The zero-order valence-corrected chi connectivity index (χ0v) is 11.1. The third kappa shape index (κ3) is 4.52. The molecule has 0 aliphatic heterocycles. The number of esters is 1. The van der Waals surface area contributed by atoms with Crippen molar-refractivity contribution in [1.29, 1.82) is 0 Å². The van der Waals surface area contributed by atoms with Crippen LogP contribution in [0.25, 0.3) is 0 Å². The normalized spacial score (nSPS) is 10.8. The number of nitrogens with zero attached hydrogens (tertiary/aromatic N) is 1. The molecule has 0 spiro atoms. The summed E-state index contributed by atoms with van der Waals surface area (Å²) in [5.74, 6) is -1.10. The first kappa shape index (κ1) is 15.4. The van der Waals surface area contributed by atoms with Crippen LogP contribution in [0.15, 0.2) is 36.0 Å². The summed E-state index contributed by atoms with van der Waals surface area (Å²) in [6, 6.07) is 5.31. The number of nitro groups is 1. The number of carbonyl (C=O) groups is 2. The predicted molar refractivity (Wildman–Crippen MR) is 71.0 cm³/mol. The van der Waals surface area contributed by atoms with Gasteiger partial charge in [-0.15, -0.1) is 0 Å². The standard InChI is InChI=1S/C13H14N2O5/c1-3-20-12(16)7-9(2)14-13(17)10-5-4-6-11(8-10)15(18)19/h4-8H,3H2,1-2H3,(H,14,17)/b9-7+. The van der Waals surface area contributed by atoms with Crippen molar-refractivity contribution in [3.8, 4) is 0 Å². The molecule has 0 bridgehead atoms. The summed E-state index contributed by atoms with van der Waals surface area (Å²) in [5.41, 5.74) is 0.250. The third-order valence-electron chi connectivity index (χ3n) is 2.25. The van der Waals surface area contributed by atoms with Gasteiger partial charge in [0.25, 0.3) is 11.6 Å². The Morgan fingerprint density at radius 1 is 1.45 bits per heavy atom. The van der Waals surface area contributed by atoms with E-state index in [2.05, 4.69) is 5.32 Å². The Bertz CT molecular complexity index is 566. The minimum atomic E-state index is -0.585. The molecule has 0 saturated heterocycles. The van der Waals surface area contributed by atoms with Crippen molar-refractivity contribution in [1.82, 2.24) is 5.32 Å². The Morgan fingerprint density at radius 2 is 2.15 bits per heavy atom. The molecule has 1 N–H and O–H groups in total. The van der Waals surface area contributed by atoms with Crippen molar-refractivity contribution in [2.24, 2.45) is 0 Å². The van der Waals surface area contributed by atoms with Gasteiger partial charge < -0.3 is 10.1 Å². The van der Waals surface area contributed by atoms with Gasteiger partial charge in [-0.1, -0.05) is 6.07 Å². The molecular formula is C13H14N2O5. The minimum absolute atomic E-state index is 0.135. The Hall–Kier alpha value is -2.70. The van der Waals surface area contributed by atoms with Crippen LogP contribution in [0.3, 0.4) is 0 Å². The minimum Gasteiger partial charge on any atom is -0.463 e. The van der Waals surface area contributed by atoms with Crippen LogP contribution in [-0.2, 0) is 9.53 Å². The number of hydrogen-bond donors (Lipinski definition) is 1. The summed E-state index contributed by atoms with van der Waals surface area (Å²) < 4.78 is 4.69. The molecule has 20 heavy (non-hydrogen) atoms. The van der Waals surface area contributed by atoms with Crippen molar-refractivity contribution >= 4 is 17.6 Å². The number of allylic oxidation sites excluding steroid dienone is 1. The first-order valence-electron chi connectivity index (χ1n) is 5.85. The van der Waals surface area contributed by atoms with Gasteiger partial charge in [0.2, 0.25) is 0 Å². The molecule has 0 fully saturated rings. The molecule has 0 aromatic heterocycles. The Balaban J connectivity index is 2.78. The van der Waals surface area contributed by atoms with Gasteiger partial charge in [-0.25, -0.2) is 4.79 Å².